The highest BCUT2D eigenvalue weighted by atomic mass is 35.5. The molecule has 0 amide bonds. The number of nitriles is 1. The Morgan fingerprint density at radius 2 is 1.86 bits per heavy atom. The molecule has 0 fully saturated rings. The number of ether oxygens (including phenoxy) is 2. The van der Waals surface area contributed by atoms with Gasteiger partial charge in [0.2, 0.25) is 0 Å². The van der Waals surface area contributed by atoms with Crippen molar-refractivity contribution in [2.45, 2.75) is 0 Å². The van der Waals surface area contributed by atoms with Gasteiger partial charge in [0.05, 0.1) is 36.2 Å². The van der Waals surface area contributed by atoms with Crippen molar-refractivity contribution in [2.24, 2.45) is 0 Å². The molecule has 0 saturated carbocycles. The highest BCUT2D eigenvalue weighted by Gasteiger charge is 2.10. The zero-order valence-corrected chi connectivity index (χ0v) is 12.4. The monoisotopic (exact) mass is 303 g/mol. The molecule has 0 radical (unpaired) electrons. The quantitative estimate of drug-likeness (QED) is 0.844. The number of anilines is 3. The van der Waals surface area contributed by atoms with Crippen molar-refractivity contribution in [2.75, 3.05) is 25.3 Å². The summed E-state index contributed by atoms with van der Waals surface area (Å²) in [7, 11) is 3.09. The van der Waals surface area contributed by atoms with E-state index in [-0.39, 0.29) is 0 Å². The van der Waals surface area contributed by atoms with Crippen molar-refractivity contribution in [1.82, 2.24) is 0 Å². The SMILES string of the molecule is COc1cc(OC)c(Nc2ccc(C#N)c(N)c2)cc1Cl. The average molecular weight is 304 g/mol. The molecule has 0 aromatic heterocycles. The molecule has 0 aliphatic carbocycles. The molecule has 0 unspecified atom stereocenters. The topological polar surface area (TPSA) is 80.3 Å². The molecule has 0 aliphatic heterocycles. The predicted molar refractivity (Wildman–Crippen MR) is 83.4 cm³/mol. The molecule has 0 heterocycles. The first kappa shape index (κ1) is 14.8. The number of halogens is 1. The van der Waals surface area contributed by atoms with Crippen molar-refractivity contribution in [3.05, 3.63) is 40.9 Å². The minimum atomic E-state index is 0.404. The third kappa shape index (κ3) is 3.12. The maximum Gasteiger partial charge on any atom is 0.146 e. The normalized spacial score (nSPS) is 9.81. The summed E-state index contributed by atoms with van der Waals surface area (Å²) in [6, 6.07) is 10.5. The molecule has 108 valence electrons. The van der Waals surface area contributed by atoms with Gasteiger partial charge < -0.3 is 20.5 Å². The summed E-state index contributed by atoms with van der Waals surface area (Å²) in [5.41, 5.74) is 8.03. The van der Waals surface area contributed by atoms with Crippen LogP contribution in [0.25, 0.3) is 0 Å². The lowest BCUT2D eigenvalue weighted by Gasteiger charge is -2.14. The number of nitrogen functional groups attached to an aromatic ring is 1. The summed E-state index contributed by atoms with van der Waals surface area (Å²) in [6.07, 6.45) is 0. The fourth-order valence-electron chi connectivity index (χ4n) is 1.86. The second-order valence-electron chi connectivity index (χ2n) is 4.23. The van der Waals surface area contributed by atoms with Crippen molar-refractivity contribution in [3.8, 4) is 17.6 Å². The Hall–Kier alpha value is -2.58. The first-order chi connectivity index (χ1) is 10.1. The highest BCUT2D eigenvalue weighted by molar-refractivity contribution is 6.32. The smallest absolute Gasteiger partial charge is 0.146 e. The van der Waals surface area contributed by atoms with Crippen LogP contribution in [0.15, 0.2) is 30.3 Å². The third-order valence-corrected chi connectivity index (χ3v) is 3.22. The molecule has 0 saturated heterocycles. The Morgan fingerprint density at radius 1 is 1.14 bits per heavy atom. The van der Waals surface area contributed by atoms with E-state index in [0.717, 1.165) is 5.69 Å². The maximum absolute atomic E-state index is 8.87. The minimum absolute atomic E-state index is 0.404. The van der Waals surface area contributed by atoms with Crippen LogP contribution in [0.3, 0.4) is 0 Å². The summed E-state index contributed by atoms with van der Waals surface area (Å²) in [5.74, 6) is 1.11. The van der Waals surface area contributed by atoms with Crippen LogP contribution in [0.2, 0.25) is 5.02 Å². The van der Waals surface area contributed by atoms with Crippen LogP contribution in [0.5, 0.6) is 11.5 Å². The summed E-state index contributed by atoms with van der Waals surface area (Å²) >= 11 is 6.12. The van der Waals surface area contributed by atoms with Gasteiger partial charge in [-0.3, -0.25) is 0 Å². The Labute approximate surface area is 127 Å². The maximum atomic E-state index is 8.87. The first-order valence-electron chi connectivity index (χ1n) is 6.07. The molecule has 6 heteroatoms. The molecule has 5 nitrogen and oxygen atoms in total. The molecule has 0 spiro atoms. The fourth-order valence-corrected chi connectivity index (χ4v) is 2.10. The first-order valence-corrected chi connectivity index (χ1v) is 6.45. The Morgan fingerprint density at radius 3 is 2.43 bits per heavy atom. The summed E-state index contributed by atoms with van der Waals surface area (Å²) in [5, 5.41) is 12.5. The van der Waals surface area contributed by atoms with E-state index in [1.54, 1.807) is 37.4 Å². The number of rotatable bonds is 4. The van der Waals surface area contributed by atoms with Gasteiger partial charge in [0.15, 0.2) is 0 Å². The molecule has 0 bridgehead atoms. The van der Waals surface area contributed by atoms with Gasteiger partial charge in [-0.1, -0.05) is 11.6 Å². The highest BCUT2D eigenvalue weighted by Crippen LogP contribution is 2.37. The van der Waals surface area contributed by atoms with E-state index in [1.807, 2.05) is 6.07 Å². The van der Waals surface area contributed by atoms with Crippen LogP contribution in [0.4, 0.5) is 17.1 Å². The largest absolute Gasteiger partial charge is 0.495 e. The van der Waals surface area contributed by atoms with Crippen LogP contribution >= 0.6 is 11.6 Å². The van der Waals surface area contributed by atoms with E-state index in [4.69, 9.17) is 32.1 Å². The molecule has 3 N–H and O–H groups in total. The van der Waals surface area contributed by atoms with Gasteiger partial charge in [0, 0.05) is 11.8 Å². The minimum Gasteiger partial charge on any atom is -0.495 e. The lowest BCUT2D eigenvalue weighted by atomic mass is 10.1. The van der Waals surface area contributed by atoms with Gasteiger partial charge in [-0.05, 0) is 24.3 Å². The number of hydrogen-bond acceptors (Lipinski definition) is 5. The van der Waals surface area contributed by atoms with Gasteiger partial charge in [0.1, 0.15) is 17.6 Å². The van der Waals surface area contributed by atoms with Gasteiger partial charge in [-0.2, -0.15) is 5.26 Å². The number of nitrogens with two attached hydrogens (primary N) is 1. The van der Waals surface area contributed by atoms with Crippen molar-refractivity contribution < 1.29 is 9.47 Å². The van der Waals surface area contributed by atoms with Crippen LogP contribution in [0.1, 0.15) is 5.56 Å². The van der Waals surface area contributed by atoms with E-state index in [9.17, 15) is 0 Å². The van der Waals surface area contributed by atoms with Gasteiger partial charge in [0.25, 0.3) is 0 Å². The fraction of sp³-hybridized carbons (Fsp3) is 0.133. The molecule has 2 aromatic rings. The van der Waals surface area contributed by atoms with E-state index in [0.29, 0.717) is 33.5 Å². The second-order valence-corrected chi connectivity index (χ2v) is 4.63. The molecule has 0 atom stereocenters. The van der Waals surface area contributed by atoms with Crippen molar-refractivity contribution >= 4 is 28.7 Å². The average Bonchev–Trinajstić information content (AvgIpc) is 2.48. The lowest BCUT2D eigenvalue weighted by molar-refractivity contribution is 0.396. The Bertz CT molecular complexity index is 711. The molecule has 21 heavy (non-hydrogen) atoms. The van der Waals surface area contributed by atoms with Crippen LogP contribution in [0, 0.1) is 11.3 Å². The van der Waals surface area contributed by atoms with E-state index >= 15 is 0 Å². The molecule has 2 rings (SSSR count). The summed E-state index contributed by atoms with van der Waals surface area (Å²) in [6.45, 7) is 0. The molecule has 2 aromatic carbocycles. The molecular weight excluding hydrogens is 290 g/mol. The third-order valence-electron chi connectivity index (χ3n) is 2.92. The van der Waals surface area contributed by atoms with Crippen LogP contribution in [-0.4, -0.2) is 14.2 Å². The summed E-state index contributed by atoms with van der Waals surface area (Å²) < 4.78 is 10.5. The van der Waals surface area contributed by atoms with Crippen molar-refractivity contribution in [1.29, 1.82) is 5.26 Å². The zero-order valence-electron chi connectivity index (χ0n) is 11.6. The number of nitrogens with one attached hydrogen (secondary N) is 1. The molecule has 0 aliphatic rings. The van der Waals surface area contributed by atoms with Gasteiger partial charge >= 0.3 is 0 Å². The number of benzene rings is 2. The summed E-state index contributed by atoms with van der Waals surface area (Å²) in [4.78, 5) is 0. The number of hydrogen-bond donors (Lipinski definition) is 2. The van der Waals surface area contributed by atoms with Gasteiger partial charge in [-0.15, -0.1) is 0 Å². The second kappa shape index (κ2) is 6.25. The molecular formula is C15H14ClN3O2. The lowest BCUT2D eigenvalue weighted by Crippen LogP contribution is -1.98. The van der Waals surface area contributed by atoms with E-state index in [1.165, 1.54) is 7.11 Å². The Kier molecular flexibility index (Phi) is 4.41. The standard InChI is InChI=1S/C15H14ClN3O2/c1-20-14-7-15(21-2)13(6-11(14)16)19-10-4-3-9(8-17)12(18)5-10/h3-7,19H,18H2,1-2H3. The van der Waals surface area contributed by atoms with Crippen LogP contribution in [-0.2, 0) is 0 Å². The van der Waals surface area contributed by atoms with Crippen LogP contribution < -0.4 is 20.5 Å². The predicted octanol–water partition coefficient (Wildman–Crippen LogP) is 3.55. The van der Waals surface area contributed by atoms with E-state index < -0.39 is 0 Å². The zero-order chi connectivity index (χ0) is 15.4. The van der Waals surface area contributed by atoms with E-state index in [2.05, 4.69) is 5.32 Å². The number of methoxy groups -OCH3 is 2. The van der Waals surface area contributed by atoms with Gasteiger partial charge in [-0.25, -0.2) is 0 Å². The van der Waals surface area contributed by atoms with Crippen molar-refractivity contribution in [3.63, 3.8) is 0 Å². The number of nitrogens with zero attached hydrogens (tertiary/aromatic N) is 1. The Balaban J connectivity index is 2.37.